The number of hydrogen-bond donors (Lipinski definition) is 0. The molecular weight excluding hydrogens is 614 g/mol. The van der Waals surface area contributed by atoms with Crippen LogP contribution in [0.1, 0.15) is 25.0 Å². The van der Waals surface area contributed by atoms with E-state index >= 15 is 0 Å². The lowest BCUT2D eigenvalue weighted by molar-refractivity contribution is 0.584. The minimum atomic E-state index is -0.346. The molecule has 0 radical (unpaired) electrons. The van der Waals surface area contributed by atoms with Gasteiger partial charge in [-0.15, -0.1) is 0 Å². The molecule has 238 valence electrons. The maximum atomic E-state index is 14.8. The highest BCUT2D eigenvalue weighted by atomic mass is 19.1. The van der Waals surface area contributed by atoms with E-state index in [0.717, 1.165) is 49.7 Å². The van der Waals surface area contributed by atoms with Gasteiger partial charge in [-0.05, 0) is 86.6 Å². The monoisotopic (exact) mass is 645 g/mol. The number of anilines is 3. The highest BCUT2D eigenvalue weighted by molar-refractivity contribution is 6.23. The molecule has 0 aliphatic heterocycles. The van der Waals surface area contributed by atoms with E-state index in [9.17, 15) is 4.39 Å². The first-order valence-corrected chi connectivity index (χ1v) is 17.1. The Bertz CT molecular complexity index is 2800. The van der Waals surface area contributed by atoms with Crippen LogP contribution in [0.15, 0.2) is 162 Å². The molecule has 8 aromatic carbocycles. The van der Waals surface area contributed by atoms with Crippen LogP contribution >= 0.6 is 0 Å². The molecule has 0 N–H and O–H groups in total. The quantitative estimate of drug-likeness (QED) is 0.189. The van der Waals surface area contributed by atoms with Crippen LogP contribution in [-0.4, -0.2) is 0 Å². The number of furan rings is 1. The van der Waals surface area contributed by atoms with Crippen LogP contribution in [0.5, 0.6) is 0 Å². The molecule has 0 unspecified atom stereocenters. The Kier molecular flexibility index (Phi) is 6.13. The molecule has 0 saturated heterocycles. The molecule has 0 atom stereocenters. The fourth-order valence-corrected chi connectivity index (χ4v) is 8.32. The van der Waals surface area contributed by atoms with Gasteiger partial charge in [-0.25, -0.2) is 4.39 Å². The summed E-state index contributed by atoms with van der Waals surface area (Å²) in [7, 11) is 0. The van der Waals surface area contributed by atoms with E-state index in [0.29, 0.717) is 11.2 Å². The molecule has 1 aliphatic rings. The Hall–Kier alpha value is -6.19. The third-order valence-corrected chi connectivity index (χ3v) is 10.7. The average Bonchev–Trinajstić information content (AvgIpc) is 3.65. The lowest BCUT2D eigenvalue weighted by Gasteiger charge is -2.29. The van der Waals surface area contributed by atoms with Crippen LogP contribution in [0.2, 0.25) is 0 Å². The third-order valence-electron chi connectivity index (χ3n) is 10.7. The van der Waals surface area contributed by atoms with Crippen molar-refractivity contribution in [2.45, 2.75) is 19.3 Å². The van der Waals surface area contributed by atoms with Crippen LogP contribution in [-0.2, 0) is 5.41 Å². The predicted molar refractivity (Wildman–Crippen MR) is 206 cm³/mol. The van der Waals surface area contributed by atoms with E-state index in [1.165, 1.54) is 39.1 Å². The van der Waals surface area contributed by atoms with Crippen molar-refractivity contribution in [3.05, 3.63) is 175 Å². The highest BCUT2D eigenvalue weighted by Crippen LogP contribution is 2.51. The van der Waals surface area contributed by atoms with Crippen molar-refractivity contribution in [1.29, 1.82) is 0 Å². The first-order valence-electron chi connectivity index (χ1n) is 17.1. The highest BCUT2D eigenvalue weighted by Gasteiger charge is 2.35. The standard InChI is InChI=1S/C47H32FNO/c1-47(2)39-17-6-5-14-36(39)37-26-25-33(28-40(37)47)49(42-19-8-11-29-10-3-4-13-34(29)42)32-23-20-30(21-24-32)35-15-7-12-31-22-27-43-45(44(31)35)38-16-9-18-41(48)46(38)50-43/h3-28H,1-2H3. The van der Waals surface area contributed by atoms with Gasteiger partial charge in [0, 0.05) is 38.3 Å². The zero-order valence-corrected chi connectivity index (χ0v) is 27.7. The van der Waals surface area contributed by atoms with Crippen molar-refractivity contribution < 1.29 is 8.81 Å². The van der Waals surface area contributed by atoms with Gasteiger partial charge in [0.15, 0.2) is 11.4 Å². The molecule has 0 fully saturated rings. The Labute approximate surface area is 289 Å². The summed E-state index contributed by atoms with van der Waals surface area (Å²) in [4.78, 5) is 2.39. The number of hydrogen-bond acceptors (Lipinski definition) is 2. The number of nitrogens with zero attached hydrogens (tertiary/aromatic N) is 1. The summed E-state index contributed by atoms with van der Waals surface area (Å²) in [6.07, 6.45) is 0. The van der Waals surface area contributed by atoms with E-state index in [2.05, 4.69) is 152 Å². The van der Waals surface area contributed by atoms with Crippen LogP contribution < -0.4 is 4.90 Å². The lowest BCUT2D eigenvalue weighted by Crippen LogP contribution is -2.16. The van der Waals surface area contributed by atoms with Gasteiger partial charge >= 0.3 is 0 Å². The minimum Gasteiger partial charge on any atom is -0.453 e. The maximum absolute atomic E-state index is 14.8. The van der Waals surface area contributed by atoms with Crippen LogP contribution in [0.4, 0.5) is 21.5 Å². The second-order valence-electron chi connectivity index (χ2n) is 13.8. The van der Waals surface area contributed by atoms with Gasteiger partial charge < -0.3 is 9.32 Å². The van der Waals surface area contributed by atoms with E-state index < -0.39 is 0 Å². The van der Waals surface area contributed by atoms with E-state index in [-0.39, 0.29) is 11.2 Å². The van der Waals surface area contributed by atoms with Gasteiger partial charge in [0.2, 0.25) is 0 Å². The van der Waals surface area contributed by atoms with Gasteiger partial charge in [-0.3, -0.25) is 0 Å². The van der Waals surface area contributed by atoms with Gasteiger partial charge in [-0.2, -0.15) is 0 Å². The summed E-state index contributed by atoms with van der Waals surface area (Å²) in [5.41, 5.74) is 11.7. The largest absolute Gasteiger partial charge is 0.453 e. The molecule has 50 heavy (non-hydrogen) atoms. The first kappa shape index (κ1) is 28.8. The summed E-state index contributed by atoms with van der Waals surface area (Å²) >= 11 is 0. The van der Waals surface area contributed by atoms with E-state index in [4.69, 9.17) is 4.42 Å². The van der Waals surface area contributed by atoms with Crippen LogP contribution in [0, 0.1) is 5.82 Å². The number of para-hydroxylation sites is 1. The normalized spacial score (nSPS) is 13.3. The minimum absolute atomic E-state index is 0.115. The number of halogens is 1. The molecule has 1 aliphatic carbocycles. The molecule has 0 bridgehead atoms. The van der Waals surface area contributed by atoms with Crippen molar-refractivity contribution in [2.24, 2.45) is 0 Å². The Morgan fingerprint density at radius 1 is 0.520 bits per heavy atom. The average molecular weight is 646 g/mol. The van der Waals surface area contributed by atoms with Crippen molar-refractivity contribution in [1.82, 2.24) is 0 Å². The first-order chi connectivity index (χ1) is 24.5. The zero-order chi connectivity index (χ0) is 33.6. The number of rotatable bonds is 4. The molecule has 0 amide bonds. The zero-order valence-electron chi connectivity index (χ0n) is 27.7. The molecule has 0 saturated carbocycles. The SMILES string of the molecule is CC1(C)c2ccccc2-c2ccc(N(c3ccc(-c4cccc5ccc6oc7c(F)cccc7c6c45)cc3)c3cccc4ccccc34)cc21. The fourth-order valence-electron chi connectivity index (χ4n) is 8.32. The summed E-state index contributed by atoms with van der Waals surface area (Å²) in [6.45, 7) is 4.66. The predicted octanol–water partition coefficient (Wildman–Crippen LogP) is 13.5. The van der Waals surface area contributed by atoms with Gasteiger partial charge in [0.25, 0.3) is 0 Å². The third kappa shape index (κ3) is 4.13. The Morgan fingerprint density at radius 3 is 2.10 bits per heavy atom. The topological polar surface area (TPSA) is 16.4 Å². The Balaban J connectivity index is 1.16. The van der Waals surface area contributed by atoms with Crippen molar-refractivity contribution in [3.8, 4) is 22.3 Å². The van der Waals surface area contributed by atoms with Crippen LogP contribution in [0.25, 0.3) is 65.7 Å². The molecular formula is C47H32FNO. The van der Waals surface area contributed by atoms with Gasteiger partial charge in [0.05, 0.1) is 5.69 Å². The van der Waals surface area contributed by atoms with Crippen molar-refractivity contribution in [2.75, 3.05) is 4.90 Å². The van der Waals surface area contributed by atoms with E-state index in [1.54, 1.807) is 6.07 Å². The molecule has 1 aromatic heterocycles. The molecule has 0 spiro atoms. The second-order valence-corrected chi connectivity index (χ2v) is 13.8. The molecule has 2 nitrogen and oxygen atoms in total. The molecule has 10 rings (SSSR count). The summed E-state index contributed by atoms with van der Waals surface area (Å²) in [5.74, 6) is -0.346. The second kappa shape index (κ2) is 10.7. The van der Waals surface area contributed by atoms with E-state index in [1.807, 2.05) is 12.1 Å². The molecule has 3 heteroatoms. The lowest BCUT2D eigenvalue weighted by atomic mass is 9.82. The van der Waals surface area contributed by atoms with Crippen LogP contribution in [0.3, 0.4) is 0 Å². The number of fused-ring (bicyclic) bond motifs is 9. The summed E-state index contributed by atoms with van der Waals surface area (Å²) in [6, 6.07) is 55.2. The Morgan fingerprint density at radius 2 is 1.20 bits per heavy atom. The summed E-state index contributed by atoms with van der Waals surface area (Å²) in [5, 5.41) is 6.27. The smallest absolute Gasteiger partial charge is 0.171 e. The fraction of sp³-hybridized carbons (Fsp3) is 0.0638. The molecule has 1 heterocycles. The maximum Gasteiger partial charge on any atom is 0.171 e. The van der Waals surface area contributed by atoms with Gasteiger partial charge in [-0.1, -0.05) is 129 Å². The van der Waals surface area contributed by atoms with Crippen molar-refractivity contribution >= 4 is 60.5 Å². The number of benzene rings is 8. The molecule has 9 aromatic rings. The summed E-state index contributed by atoms with van der Waals surface area (Å²) < 4.78 is 20.9. The van der Waals surface area contributed by atoms with Gasteiger partial charge in [0.1, 0.15) is 5.58 Å². The van der Waals surface area contributed by atoms with Crippen molar-refractivity contribution in [3.63, 3.8) is 0 Å².